The molecule has 1 fully saturated rings. The van der Waals surface area contributed by atoms with E-state index >= 15 is 0 Å². The molecule has 1 aromatic carbocycles. The van der Waals surface area contributed by atoms with Gasteiger partial charge >= 0.3 is 0 Å². The van der Waals surface area contributed by atoms with Gasteiger partial charge in [-0.05, 0) is 61.0 Å². The number of aryl methyl sites for hydroxylation is 1. The van der Waals surface area contributed by atoms with Crippen molar-refractivity contribution in [3.63, 3.8) is 0 Å². The molecule has 1 atom stereocenters. The summed E-state index contributed by atoms with van der Waals surface area (Å²) in [6.07, 6.45) is 1.82. The fourth-order valence-electron chi connectivity index (χ4n) is 3.74. The number of thiazole rings is 1. The van der Waals surface area contributed by atoms with Gasteiger partial charge in [-0.15, -0.1) is 21.5 Å². The summed E-state index contributed by atoms with van der Waals surface area (Å²) in [5.41, 5.74) is 3.00. The highest BCUT2D eigenvalue weighted by atomic mass is 32.1. The highest BCUT2D eigenvalue weighted by Gasteiger charge is 2.27. The number of aromatic nitrogens is 3. The molecule has 0 radical (unpaired) electrons. The lowest BCUT2D eigenvalue weighted by Gasteiger charge is -2.32. The molecule has 8 heteroatoms. The van der Waals surface area contributed by atoms with Gasteiger partial charge in [0.15, 0.2) is 10.9 Å². The van der Waals surface area contributed by atoms with E-state index in [4.69, 9.17) is 0 Å². The average molecular weight is 436 g/mol. The van der Waals surface area contributed by atoms with E-state index in [9.17, 15) is 4.79 Å². The first-order valence-electron chi connectivity index (χ1n) is 9.96. The number of rotatable bonds is 4. The number of carbonyl (C=O) groups excluding carboxylic acids is 1. The third kappa shape index (κ3) is 3.93. The first kappa shape index (κ1) is 19.1. The highest BCUT2D eigenvalue weighted by molar-refractivity contribution is 7.22. The summed E-state index contributed by atoms with van der Waals surface area (Å²) in [6, 6.07) is 14.2. The molecule has 6 nitrogen and oxygen atoms in total. The second-order valence-corrected chi connectivity index (χ2v) is 9.50. The lowest BCUT2D eigenvalue weighted by atomic mass is 9.97. The Hall–Kier alpha value is -2.84. The van der Waals surface area contributed by atoms with Crippen molar-refractivity contribution in [2.45, 2.75) is 19.8 Å². The van der Waals surface area contributed by atoms with Gasteiger partial charge in [-0.1, -0.05) is 23.5 Å². The summed E-state index contributed by atoms with van der Waals surface area (Å²) in [5, 5.41) is 14.5. The molecular formula is C22H21N5OS2. The minimum atomic E-state index is -0.0914. The minimum absolute atomic E-state index is 0.0265. The number of piperidine rings is 1. The van der Waals surface area contributed by atoms with Crippen LogP contribution in [0.1, 0.15) is 18.4 Å². The number of nitrogens with zero attached hydrogens (tertiary/aromatic N) is 4. The van der Waals surface area contributed by atoms with E-state index in [-0.39, 0.29) is 11.8 Å². The van der Waals surface area contributed by atoms with Crippen molar-refractivity contribution >= 4 is 49.7 Å². The largest absolute Gasteiger partial charge is 0.354 e. The van der Waals surface area contributed by atoms with Crippen LogP contribution in [0.2, 0.25) is 0 Å². The first-order chi connectivity index (χ1) is 14.7. The Labute approximate surface area is 182 Å². The van der Waals surface area contributed by atoms with Crippen LogP contribution in [-0.4, -0.2) is 34.2 Å². The molecule has 1 aliphatic rings. The summed E-state index contributed by atoms with van der Waals surface area (Å²) in [4.78, 5) is 20.7. The van der Waals surface area contributed by atoms with Crippen LogP contribution < -0.4 is 10.2 Å². The lowest BCUT2D eigenvalue weighted by Crippen LogP contribution is -2.41. The van der Waals surface area contributed by atoms with E-state index in [2.05, 4.69) is 38.4 Å². The van der Waals surface area contributed by atoms with Gasteiger partial charge in [0.05, 0.1) is 21.0 Å². The van der Waals surface area contributed by atoms with Crippen molar-refractivity contribution < 1.29 is 4.79 Å². The molecule has 30 heavy (non-hydrogen) atoms. The normalized spacial score (nSPS) is 16.7. The lowest BCUT2D eigenvalue weighted by molar-refractivity contribution is -0.120. The van der Waals surface area contributed by atoms with Crippen molar-refractivity contribution in [3.05, 3.63) is 53.4 Å². The molecule has 1 N–H and O–H groups in total. The Bertz CT molecular complexity index is 1170. The standard InChI is InChI=1S/C22H21N5OS2/c1-14-6-7-16-19(12-14)30-22(23-16)24-21(28)15-4-2-10-27(13-15)20-9-8-17(25-26-20)18-5-3-11-29-18/h3,5-9,11-12,15H,2,4,10,13H2,1H3,(H,23,24,28). The zero-order valence-corrected chi connectivity index (χ0v) is 18.2. The maximum Gasteiger partial charge on any atom is 0.231 e. The SMILES string of the molecule is Cc1ccc2nc(NC(=O)C3CCCN(c4ccc(-c5cccs5)nn4)C3)sc2c1. The molecule has 0 aliphatic carbocycles. The third-order valence-electron chi connectivity index (χ3n) is 5.31. The average Bonchev–Trinajstić information content (AvgIpc) is 3.43. The molecule has 3 aromatic heterocycles. The van der Waals surface area contributed by atoms with Gasteiger partial charge in [-0.25, -0.2) is 4.98 Å². The summed E-state index contributed by atoms with van der Waals surface area (Å²) in [6.45, 7) is 3.59. The predicted octanol–water partition coefficient (Wildman–Crippen LogP) is 4.98. The number of amides is 1. The van der Waals surface area contributed by atoms with E-state index in [1.54, 1.807) is 11.3 Å². The molecule has 5 rings (SSSR count). The number of thiophene rings is 1. The van der Waals surface area contributed by atoms with Gasteiger partial charge in [-0.2, -0.15) is 0 Å². The van der Waals surface area contributed by atoms with Crippen LogP contribution in [0.5, 0.6) is 0 Å². The fourth-order valence-corrected chi connectivity index (χ4v) is 5.40. The molecule has 1 aliphatic heterocycles. The fraction of sp³-hybridized carbons (Fsp3) is 0.273. The number of hydrogen-bond donors (Lipinski definition) is 1. The van der Waals surface area contributed by atoms with Gasteiger partial charge in [0.1, 0.15) is 5.69 Å². The highest BCUT2D eigenvalue weighted by Crippen LogP contribution is 2.29. The molecular weight excluding hydrogens is 414 g/mol. The van der Waals surface area contributed by atoms with Gasteiger partial charge in [-0.3, -0.25) is 4.79 Å². The van der Waals surface area contributed by atoms with Gasteiger partial charge in [0.2, 0.25) is 5.91 Å². The quantitative estimate of drug-likeness (QED) is 0.490. The Morgan fingerprint density at radius 1 is 1.20 bits per heavy atom. The number of benzene rings is 1. The van der Waals surface area contributed by atoms with Crippen LogP contribution in [-0.2, 0) is 4.79 Å². The van der Waals surface area contributed by atoms with E-state index in [0.717, 1.165) is 46.0 Å². The van der Waals surface area contributed by atoms with E-state index in [1.165, 1.54) is 16.9 Å². The second kappa shape index (κ2) is 8.12. The summed E-state index contributed by atoms with van der Waals surface area (Å²) in [7, 11) is 0. The molecule has 4 aromatic rings. The number of nitrogens with one attached hydrogen (secondary N) is 1. The van der Waals surface area contributed by atoms with Crippen molar-refractivity contribution in [2.75, 3.05) is 23.3 Å². The maximum absolute atomic E-state index is 12.9. The van der Waals surface area contributed by atoms with E-state index in [0.29, 0.717) is 11.7 Å². The van der Waals surface area contributed by atoms with Crippen LogP contribution >= 0.6 is 22.7 Å². The zero-order chi connectivity index (χ0) is 20.5. The molecule has 1 saturated heterocycles. The van der Waals surface area contributed by atoms with Gasteiger partial charge < -0.3 is 10.2 Å². The Morgan fingerprint density at radius 2 is 2.13 bits per heavy atom. The number of anilines is 2. The van der Waals surface area contributed by atoms with Crippen molar-refractivity contribution in [1.29, 1.82) is 0 Å². The van der Waals surface area contributed by atoms with E-state index < -0.39 is 0 Å². The maximum atomic E-state index is 12.9. The van der Waals surface area contributed by atoms with Crippen molar-refractivity contribution in [2.24, 2.45) is 5.92 Å². The zero-order valence-electron chi connectivity index (χ0n) is 16.5. The smallest absolute Gasteiger partial charge is 0.231 e. The summed E-state index contributed by atoms with van der Waals surface area (Å²) in [5.74, 6) is 0.758. The van der Waals surface area contributed by atoms with Crippen LogP contribution in [0.15, 0.2) is 47.8 Å². The number of fused-ring (bicyclic) bond motifs is 1. The molecule has 152 valence electrons. The molecule has 0 spiro atoms. The monoisotopic (exact) mass is 435 g/mol. The Kier molecular flexibility index (Phi) is 5.18. The van der Waals surface area contributed by atoms with Crippen molar-refractivity contribution in [1.82, 2.24) is 15.2 Å². The van der Waals surface area contributed by atoms with Crippen LogP contribution in [0.4, 0.5) is 10.9 Å². The predicted molar refractivity (Wildman–Crippen MR) is 123 cm³/mol. The second-order valence-electron chi connectivity index (χ2n) is 7.52. The van der Waals surface area contributed by atoms with Crippen molar-refractivity contribution in [3.8, 4) is 10.6 Å². The molecule has 1 amide bonds. The first-order valence-corrected chi connectivity index (χ1v) is 11.7. The van der Waals surface area contributed by atoms with Crippen LogP contribution in [0.25, 0.3) is 20.8 Å². The molecule has 0 bridgehead atoms. The molecule has 4 heterocycles. The Morgan fingerprint density at radius 3 is 2.93 bits per heavy atom. The van der Waals surface area contributed by atoms with E-state index in [1.807, 2.05) is 41.8 Å². The van der Waals surface area contributed by atoms with Gasteiger partial charge in [0, 0.05) is 13.1 Å². The number of carbonyl (C=O) groups is 1. The Balaban J connectivity index is 1.26. The van der Waals surface area contributed by atoms with Crippen LogP contribution in [0, 0.1) is 12.8 Å². The molecule has 0 saturated carbocycles. The minimum Gasteiger partial charge on any atom is -0.354 e. The van der Waals surface area contributed by atoms with Gasteiger partial charge in [0.25, 0.3) is 0 Å². The number of hydrogen-bond acceptors (Lipinski definition) is 7. The van der Waals surface area contributed by atoms with Crippen LogP contribution in [0.3, 0.4) is 0 Å². The molecule has 1 unspecified atom stereocenters. The third-order valence-corrected chi connectivity index (χ3v) is 7.14. The summed E-state index contributed by atoms with van der Waals surface area (Å²) < 4.78 is 1.09. The topological polar surface area (TPSA) is 71.0 Å². The summed E-state index contributed by atoms with van der Waals surface area (Å²) >= 11 is 3.17.